The van der Waals surface area contributed by atoms with Gasteiger partial charge in [0.2, 0.25) is 0 Å². The Morgan fingerprint density at radius 2 is 1.61 bits per heavy atom. The summed E-state index contributed by atoms with van der Waals surface area (Å²) in [6.45, 7) is -1.11. The van der Waals surface area contributed by atoms with Crippen molar-refractivity contribution >= 4 is 0 Å². The molecule has 0 aromatic heterocycles. The molecular weight excluding hydrogens is 264 g/mol. The van der Waals surface area contributed by atoms with Gasteiger partial charge < -0.3 is 5.11 Å². The van der Waals surface area contributed by atoms with E-state index in [1.807, 2.05) is 0 Å². The van der Waals surface area contributed by atoms with Crippen LogP contribution in [0.4, 0.5) is 26.3 Å². The van der Waals surface area contributed by atoms with Gasteiger partial charge >= 0.3 is 12.4 Å². The summed E-state index contributed by atoms with van der Waals surface area (Å²) in [5.41, 5.74) is -5.72. The van der Waals surface area contributed by atoms with Crippen LogP contribution in [0.2, 0.25) is 0 Å². The summed E-state index contributed by atoms with van der Waals surface area (Å²) in [5.74, 6) is 0. The van der Waals surface area contributed by atoms with Crippen molar-refractivity contribution in [3.63, 3.8) is 0 Å². The average Bonchev–Trinajstić information content (AvgIpc) is 2.24. The highest BCUT2D eigenvalue weighted by Gasteiger charge is 2.42. The Bertz CT molecular complexity index is 497. The van der Waals surface area contributed by atoms with Gasteiger partial charge in [0.1, 0.15) is 6.07 Å². The van der Waals surface area contributed by atoms with E-state index in [1.54, 1.807) is 0 Å². The quantitative estimate of drug-likeness (QED) is 0.796. The first-order valence-corrected chi connectivity index (χ1v) is 4.44. The summed E-state index contributed by atoms with van der Waals surface area (Å²) in [6.07, 6.45) is -10.2. The highest BCUT2D eigenvalue weighted by Crippen LogP contribution is 2.40. The largest absolute Gasteiger partial charge is 0.418 e. The van der Waals surface area contributed by atoms with Crippen molar-refractivity contribution in [3.8, 4) is 6.07 Å². The van der Waals surface area contributed by atoms with Crippen LogP contribution < -0.4 is 0 Å². The maximum Gasteiger partial charge on any atom is 0.418 e. The monoisotopic (exact) mass is 269 g/mol. The fourth-order valence-electron chi connectivity index (χ4n) is 1.45. The topological polar surface area (TPSA) is 44.0 Å². The van der Waals surface area contributed by atoms with Gasteiger partial charge in [0.05, 0.1) is 23.3 Å². The number of nitrogens with zero attached hydrogens (tertiary/aromatic N) is 1. The lowest BCUT2D eigenvalue weighted by atomic mass is 9.96. The second-order valence-corrected chi connectivity index (χ2v) is 3.29. The van der Waals surface area contributed by atoms with E-state index in [2.05, 4.69) is 0 Å². The van der Waals surface area contributed by atoms with E-state index in [1.165, 1.54) is 0 Å². The van der Waals surface area contributed by atoms with Crippen molar-refractivity contribution in [2.24, 2.45) is 0 Å². The molecule has 1 N–H and O–H groups in total. The molecule has 0 atom stereocenters. The first kappa shape index (κ1) is 14.3. The first-order valence-electron chi connectivity index (χ1n) is 4.44. The molecule has 0 aliphatic heterocycles. The Labute approximate surface area is 97.1 Å². The van der Waals surface area contributed by atoms with E-state index in [4.69, 9.17) is 10.4 Å². The fraction of sp³-hybridized carbons (Fsp3) is 0.300. The molecule has 0 aliphatic carbocycles. The SMILES string of the molecule is N#Cc1c(C(F)(F)F)ccc(CO)c1C(F)(F)F. The van der Waals surface area contributed by atoms with Gasteiger partial charge in [-0.05, 0) is 11.6 Å². The lowest BCUT2D eigenvalue weighted by Crippen LogP contribution is -2.17. The number of hydrogen-bond acceptors (Lipinski definition) is 2. The smallest absolute Gasteiger partial charge is 0.392 e. The molecule has 2 nitrogen and oxygen atoms in total. The lowest BCUT2D eigenvalue weighted by Gasteiger charge is -2.17. The Kier molecular flexibility index (Phi) is 3.57. The third-order valence-corrected chi connectivity index (χ3v) is 2.16. The Morgan fingerprint density at radius 1 is 1.06 bits per heavy atom. The van der Waals surface area contributed by atoms with E-state index in [-0.39, 0.29) is 0 Å². The molecule has 1 aromatic carbocycles. The van der Waals surface area contributed by atoms with Crippen molar-refractivity contribution in [2.45, 2.75) is 19.0 Å². The minimum atomic E-state index is -5.15. The molecule has 0 spiro atoms. The van der Waals surface area contributed by atoms with Gasteiger partial charge in [0, 0.05) is 0 Å². The number of aliphatic hydroxyl groups is 1. The molecule has 0 unspecified atom stereocenters. The van der Waals surface area contributed by atoms with Crippen molar-refractivity contribution in [2.75, 3.05) is 0 Å². The van der Waals surface area contributed by atoms with Gasteiger partial charge in [-0.3, -0.25) is 0 Å². The predicted octanol–water partition coefficient (Wildman–Crippen LogP) is 3.09. The standard InChI is InChI=1S/C10H5F6NO/c11-9(12,13)7-2-1-5(4-18)8(6(7)3-17)10(14,15)16/h1-2,18H,4H2. The van der Waals surface area contributed by atoms with E-state index in [0.29, 0.717) is 12.1 Å². The van der Waals surface area contributed by atoms with Gasteiger partial charge in [-0.25, -0.2) is 0 Å². The molecule has 0 radical (unpaired) electrons. The Hall–Kier alpha value is -1.75. The van der Waals surface area contributed by atoms with Crippen LogP contribution in [0.5, 0.6) is 0 Å². The van der Waals surface area contributed by atoms with Crippen LogP contribution in [-0.2, 0) is 19.0 Å². The normalized spacial score (nSPS) is 12.3. The molecule has 0 saturated heterocycles. The summed E-state index contributed by atoms with van der Waals surface area (Å²) in [7, 11) is 0. The molecule has 8 heteroatoms. The molecule has 0 heterocycles. The molecule has 18 heavy (non-hydrogen) atoms. The van der Waals surface area contributed by atoms with Crippen molar-refractivity contribution in [3.05, 3.63) is 34.4 Å². The Balaban J connectivity index is 3.71. The van der Waals surface area contributed by atoms with Crippen LogP contribution in [0.3, 0.4) is 0 Å². The number of rotatable bonds is 1. The molecular formula is C10H5F6NO. The zero-order valence-corrected chi connectivity index (χ0v) is 8.52. The third kappa shape index (κ3) is 2.56. The van der Waals surface area contributed by atoms with Gasteiger partial charge in [0.25, 0.3) is 0 Å². The molecule has 0 fully saturated rings. The van der Waals surface area contributed by atoms with Gasteiger partial charge in [-0.2, -0.15) is 31.6 Å². The molecule has 0 amide bonds. The van der Waals surface area contributed by atoms with Crippen LogP contribution in [0.25, 0.3) is 0 Å². The maximum absolute atomic E-state index is 12.6. The maximum atomic E-state index is 12.6. The van der Waals surface area contributed by atoms with E-state index < -0.39 is 41.2 Å². The number of benzene rings is 1. The predicted molar refractivity (Wildman–Crippen MR) is 47.1 cm³/mol. The van der Waals surface area contributed by atoms with Crippen LogP contribution in [0, 0.1) is 11.3 Å². The summed E-state index contributed by atoms with van der Waals surface area (Å²) < 4.78 is 75.2. The highest BCUT2D eigenvalue weighted by molar-refractivity contribution is 5.51. The number of alkyl halides is 6. The summed E-state index contributed by atoms with van der Waals surface area (Å²) in [4.78, 5) is 0. The molecule has 0 saturated carbocycles. The molecule has 1 aromatic rings. The van der Waals surface area contributed by atoms with Crippen molar-refractivity contribution in [1.82, 2.24) is 0 Å². The first-order chi connectivity index (χ1) is 8.12. The van der Waals surface area contributed by atoms with E-state index in [0.717, 1.165) is 6.07 Å². The number of hydrogen-bond donors (Lipinski definition) is 1. The number of halogens is 6. The zero-order valence-electron chi connectivity index (χ0n) is 8.52. The van der Waals surface area contributed by atoms with Gasteiger partial charge in [-0.15, -0.1) is 0 Å². The second-order valence-electron chi connectivity index (χ2n) is 3.29. The zero-order chi connectivity index (χ0) is 14.1. The molecule has 0 aliphatic rings. The van der Waals surface area contributed by atoms with E-state index >= 15 is 0 Å². The second kappa shape index (κ2) is 4.49. The van der Waals surface area contributed by atoms with Crippen LogP contribution in [0.1, 0.15) is 22.3 Å². The lowest BCUT2D eigenvalue weighted by molar-refractivity contribution is -0.144. The van der Waals surface area contributed by atoms with E-state index in [9.17, 15) is 26.3 Å². The number of aliphatic hydroxyl groups excluding tert-OH is 1. The third-order valence-electron chi connectivity index (χ3n) is 2.16. The van der Waals surface area contributed by atoms with Crippen molar-refractivity contribution < 1.29 is 31.4 Å². The van der Waals surface area contributed by atoms with Crippen LogP contribution in [-0.4, -0.2) is 5.11 Å². The minimum absolute atomic E-state index is 0.347. The summed E-state index contributed by atoms with van der Waals surface area (Å²) >= 11 is 0. The van der Waals surface area contributed by atoms with Crippen LogP contribution in [0.15, 0.2) is 12.1 Å². The molecule has 1 rings (SSSR count). The van der Waals surface area contributed by atoms with Gasteiger partial charge in [-0.1, -0.05) is 6.07 Å². The highest BCUT2D eigenvalue weighted by atomic mass is 19.4. The van der Waals surface area contributed by atoms with Crippen LogP contribution >= 0.6 is 0 Å². The minimum Gasteiger partial charge on any atom is -0.392 e. The van der Waals surface area contributed by atoms with Crippen molar-refractivity contribution in [1.29, 1.82) is 5.26 Å². The summed E-state index contributed by atoms with van der Waals surface area (Å²) in [6, 6.07) is 1.75. The van der Waals surface area contributed by atoms with Gasteiger partial charge in [0.15, 0.2) is 0 Å². The number of nitriles is 1. The molecule has 98 valence electrons. The molecule has 0 bridgehead atoms. The summed E-state index contributed by atoms with van der Waals surface area (Å²) in [5, 5.41) is 17.2. The fourth-order valence-corrected chi connectivity index (χ4v) is 1.45. The average molecular weight is 269 g/mol. The Morgan fingerprint density at radius 3 is 1.94 bits per heavy atom.